The molecule has 1 aromatic rings. The van der Waals surface area contributed by atoms with Gasteiger partial charge in [-0.05, 0) is 12.1 Å². The molecular formula is C11H13Cl2N3O2. The van der Waals surface area contributed by atoms with Crippen molar-refractivity contribution in [3.8, 4) is 0 Å². The normalized spacial score (nSPS) is 10.0. The fourth-order valence-electron chi connectivity index (χ4n) is 1.26. The van der Waals surface area contributed by atoms with Crippen LogP contribution in [0.25, 0.3) is 0 Å². The molecule has 3 N–H and O–H groups in total. The number of anilines is 1. The van der Waals surface area contributed by atoms with E-state index in [9.17, 15) is 9.59 Å². The number of rotatable bonds is 4. The van der Waals surface area contributed by atoms with Gasteiger partial charge in [0.2, 0.25) is 11.8 Å². The number of hydrogen-bond donors (Lipinski definition) is 2. The summed E-state index contributed by atoms with van der Waals surface area (Å²) in [5.41, 5.74) is 5.52. The fraction of sp³-hybridized carbons (Fsp3) is 0.273. The van der Waals surface area contributed by atoms with Crippen molar-refractivity contribution in [2.24, 2.45) is 5.73 Å². The Morgan fingerprint density at radius 2 is 1.89 bits per heavy atom. The SMILES string of the molecule is CN(CC(=O)Nc1c(Cl)cccc1Cl)C(=O)CN. The van der Waals surface area contributed by atoms with Crippen molar-refractivity contribution < 1.29 is 9.59 Å². The number of nitrogens with two attached hydrogens (primary N) is 1. The summed E-state index contributed by atoms with van der Waals surface area (Å²) in [6, 6.07) is 4.89. The third-order valence-electron chi connectivity index (χ3n) is 2.21. The molecule has 0 heterocycles. The Hall–Kier alpha value is -1.30. The topological polar surface area (TPSA) is 75.4 Å². The molecular weight excluding hydrogens is 277 g/mol. The second kappa shape index (κ2) is 6.58. The maximum Gasteiger partial charge on any atom is 0.244 e. The average Bonchev–Trinajstić information content (AvgIpc) is 2.32. The summed E-state index contributed by atoms with van der Waals surface area (Å²) in [5.74, 6) is -0.718. The molecule has 7 heteroatoms. The summed E-state index contributed by atoms with van der Waals surface area (Å²) < 4.78 is 0. The van der Waals surface area contributed by atoms with Crippen molar-refractivity contribution in [1.82, 2.24) is 4.90 Å². The number of carbonyl (C=O) groups excluding carboxylic acids is 2. The van der Waals surface area contributed by atoms with Gasteiger partial charge in [0.05, 0.1) is 28.8 Å². The number of benzene rings is 1. The van der Waals surface area contributed by atoms with Gasteiger partial charge < -0.3 is 16.0 Å². The van der Waals surface area contributed by atoms with E-state index in [1.165, 1.54) is 11.9 Å². The highest BCUT2D eigenvalue weighted by molar-refractivity contribution is 6.39. The molecule has 1 rings (SSSR count). The minimum absolute atomic E-state index is 0.114. The first-order chi connectivity index (χ1) is 8.45. The van der Waals surface area contributed by atoms with E-state index in [1.54, 1.807) is 18.2 Å². The van der Waals surface area contributed by atoms with Crippen LogP contribution in [0, 0.1) is 0 Å². The van der Waals surface area contributed by atoms with Crippen LogP contribution < -0.4 is 11.1 Å². The van der Waals surface area contributed by atoms with Crippen LogP contribution in [0.3, 0.4) is 0 Å². The zero-order valence-electron chi connectivity index (χ0n) is 9.74. The molecule has 0 aliphatic heterocycles. The van der Waals surface area contributed by atoms with Gasteiger partial charge in [-0.2, -0.15) is 0 Å². The fourth-order valence-corrected chi connectivity index (χ4v) is 1.75. The van der Waals surface area contributed by atoms with Gasteiger partial charge in [0, 0.05) is 7.05 Å². The summed E-state index contributed by atoms with van der Waals surface area (Å²) >= 11 is 11.8. The van der Waals surface area contributed by atoms with Crippen LogP contribution in [0.15, 0.2) is 18.2 Å². The van der Waals surface area contributed by atoms with E-state index in [1.807, 2.05) is 0 Å². The van der Waals surface area contributed by atoms with E-state index in [-0.39, 0.29) is 19.0 Å². The highest BCUT2D eigenvalue weighted by Gasteiger charge is 2.13. The molecule has 18 heavy (non-hydrogen) atoms. The van der Waals surface area contributed by atoms with E-state index in [0.717, 1.165) is 0 Å². The van der Waals surface area contributed by atoms with E-state index < -0.39 is 5.91 Å². The first kappa shape index (κ1) is 14.8. The third kappa shape index (κ3) is 3.87. The summed E-state index contributed by atoms with van der Waals surface area (Å²) in [6.07, 6.45) is 0. The largest absolute Gasteiger partial charge is 0.335 e. The lowest BCUT2D eigenvalue weighted by Crippen LogP contribution is -2.38. The Morgan fingerprint density at radius 1 is 1.33 bits per heavy atom. The summed E-state index contributed by atoms with van der Waals surface area (Å²) in [4.78, 5) is 24.1. The highest BCUT2D eigenvalue weighted by atomic mass is 35.5. The van der Waals surface area contributed by atoms with E-state index in [2.05, 4.69) is 5.32 Å². The van der Waals surface area contributed by atoms with Gasteiger partial charge in [0.25, 0.3) is 0 Å². The molecule has 98 valence electrons. The predicted octanol–water partition coefficient (Wildman–Crippen LogP) is 1.35. The molecule has 0 aliphatic carbocycles. The van der Waals surface area contributed by atoms with Crippen LogP contribution >= 0.6 is 23.2 Å². The van der Waals surface area contributed by atoms with Crippen LogP contribution in [0.4, 0.5) is 5.69 Å². The van der Waals surface area contributed by atoms with Gasteiger partial charge in [0.15, 0.2) is 0 Å². The number of carbonyl (C=O) groups is 2. The molecule has 0 fully saturated rings. The van der Waals surface area contributed by atoms with Crippen molar-refractivity contribution in [3.05, 3.63) is 28.2 Å². The second-order valence-corrected chi connectivity index (χ2v) is 4.41. The van der Waals surface area contributed by atoms with Crippen LogP contribution in [0.5, 0.6) is 0 Å². The van der Waals surface area contributed by atoms with Crippen LogP contribution in [0.2, 0.25) is 10.0 Å². The van der Waals surface area contributed by atoms with Crippen LogP contribution in [-0.4, -0.2) is 36.9 Å². The molecule has 5 nitrogen and oxygen atoms in total. The molecule has 0 aliphatic rings. The first-order valence-electron chi connectivity index (χ1n) is 5.13. The molecule has 0 saturated heterocycles. The highest BCUT2D eigenvalue weighted by Crippen LogP contribution is 2.29. The molecule has 0 radical (unpaired) electrons. The molecule has 0 aromatic heterocycles. The molecule has 1 aromatic carbocycles. The lowest BCUT2D eigenvalue weighted by molar-refractivity contribution is -0.132. The number of hydrogen-bond acceptors (Lipinski definition) is 3. The molecule has 0 bridgehead atoms. The van der Waals surface area contributed by atoms with Crippen molar-refractivity contribution in [2.75, 3.05) is 25.5 Å². The Bertz CT molecular complexity index is 445. The maximum atomic E-state index is 11.7. The lowest BCUT2D eigenvalue weighted by atomic mass is 10.3. The summed E-state index contributed by atoms with van der Waals surface area (Å²) in [6.45, 7) is -0.256. The van der Waals surface area contributed by atoms with E-state index >= 15 is 0 Å². The monoisotopic (exact) mass is 289 g/mol. The zero-order chi connectivity index (χ0) is 13.7. The first-order valence-corrected chi connectivity index (χ1v) is 5.89. The van der Waals surface area contributed by atoms with Gasteiger partial charge in [-0.3, -0.25) is 9.59 Å². The van der Waals surface area contributed by atoms with E-state index in [4.69, 9.17) is 28.9 Å². The number of nitrogens with zero attached hydrogens (tertiary/aromatic N) is 1. The van der Waals surface area contributed by atoms with Gasteiger partial charge >= 0.3 is 0 Å². The quantitative estimate of drug-likeness (QED) is 0.879. The predicted molar refractivity (Wildman–Crippen MR) is 71.8 cm³/mol. The Morgan fingerprint density at radius 3 is 2.39 bits per heavy atom. The smallest absolute Gasteiger partial charge is 0.244 e. The van der Waals surface area contributed by atoms with Crippen LogP contribution in [-0.2, 0) is 9.59 Å². The summed E-state index contributed by atoms with van der Waals surface area (Å²) in [7, 11) is 1.49. The minimum Gasteiger partial charge on any atom is -0.335 e. The maximum absolute atomic E-state index is 11.7. The van der Waals surface area contributed by atoms with Gasteiger partial charge in [-0.1, -0.05) is 29.3 Å². The number of nitrogens with one attached hydrogen (secondary N) is 1. The van der Waals surface area contributed by atoms with Gasteiger partial charge in [-0.25, -0.2) is 0 Å². The summed E-state index contributed by atoms with van der Waals surface area (Å²) in [5, 5.41) is 3.22. The van der Waals surface area contributed by atoms with Gasteiger partial charge in [-0.15, -0.1) is 0 Å². The molecule has 0 unspecified atom stereocenters. The standard InChI is InChI=1S/C11H13Cl2N3O2/c1-16(10(18)5-14)6-9(17)15-11-7(12)3-2-4-8(11)13/h2-4H,5-6,14H2,1H3,(H,15,17). The second-order valence-electron chi connectivity index (χ2n) is 3.60. The number of amides is 2. The molecule has 0 atom stereocenters. The number of halogens is 2. The van der Waals surface area contributed by atoms with E-state index in [0.29, 0.717) is 15.7 Å². The van der Waals surface area contributed by atoms with Crippen molar-refractivity contribution in [3.63, 3.8) is 0 Å². The Kier molecular flexibility index (Phi) is 5.40. The van der Waals surface area contributed by atoms with Crippen molar-refractivity contribution in [1.29, 1.82) is 0 Å². The Balaban J connectivity index is 2.68. The molecule has 2 amide bonds. The van der Waals surface area contributed by atoms with Crippen molar-refractivity contribution >= 4 is 40.7 Å². The Labute approximate surface area is 115 Å². The lowest BCUT2D eigenvalue weighted by Gasteiger charge is -2.16. The van der Waals surface area contributed by atoms with Crippen molar-refractivity contribution in [2.45, 2.75) is 0 Å². The van der Waals surface area contributed by atoms with Gasteiger partial charge in [0.1, 0.15) is 0 Å². The third-order valence-corrected chi connectivity index (χ3v) is 2.84. The number of likely N-dealkylation sites (N-methyl/N-ethyl adjacent to an activating group) is 1. The van der Waals surface area contributed by atoms with Crippen LogP contribution in [0.1, 0.15) is 0 Å². The number of para-hydroxylation sites is 1. The molecule has 0 spiro atoms. The minimum atomic E-state index is -0.394. The molecule has 0 saturated carbocycles. The average molecular weight is 290 g/mol. The zero-order valence-corrected chi connectivity index (χ0v) is 11.3.